The molecule has 0 aliphatic carbocycles. The van der Waals surface area contributed by atoms with Gasteiger partial charge in [-0.1, -0.05) is 44.2 Å². The first-order valence-corrected chi connectivity index (χ1v) is 8.17. The molecule has 0 aliphatic rings. The summed E-state index contributed by atoms with van der Waals surface area (Å²) in [5.74, 6) is 0.138. The highest BCUT2D eigenvalue weighted by Gasteiger charge is 2.26. The van der Waals surface area contributed by atoms with Crippen LogP contribution in [0.25, 0.3) is 0 Å². The van der Waals surface area contributed by atoms with Crippen molar-refractivity contribution in [2.45, 2.75) is 33.4 Å². The fraction of sp³-hybridized carbons (Fsp3) is 0.368. The van der Waals surface area contributed by atoms with Crippen LogP contribution in [-0.2, 0) is 6.54 Å². The quantitative estimate of drug-likeness (QED) is 0.854. The van der Waals surface area contributed by atoms with E-state index in [0.717, 1.165) is 11.3 Å². The number of urea groups is 1. The van der Waals surface area contributed by atoms with E-state index < -0.39 is 0 Å². The van der Waals surface area contributed by atoms with Gasteiger partial charge in [0.25, 0.3) is 0 Å². The summed E-state index contributed by atoms with van der Waals surface area (Å²) in [6.45, 7) is 6.21. The lowest BCUT2D eigenvalue weighted by atomic mass is 10.0. The van der Waals surface area contributed by atoms with Gasteiger partial charge in [0.05, 0.1) is 24.0 Å². The number of pyridine rings is 1. The van der Waals surface area contributed by atoms with E-state index in [1.807, 2.05) is 57.2 Å². The molecule has 0 aliphatic heterocycles. The monoisotopic (exact) mass is 327 g/mol. The Balaban J connectivity index is 2.24. The number of nitrogens with one attached hydrogen (secondary N) is 1. The third-order valence-corrected chi connectivity index (χ3v) is 4.06. The Morgan fingerprint density at radius 2 is 1.92 bits per heavy atom. The number of hydrogen-bond acceptors (Lipinski definition) is 3. The van der Waals surface area contributed by atoms with E-state index in [1.54, 1.807) is 17.2 Å². The minimum atomic E-state index is -0.262. The maximum Gasteiger partial charge on any atom is 0.322 e. The van der Waals surface area contributed by atoms with Crippen molar-refractivity contribution in [3.8, 4) is 0 Å². The van der Waals surface area contributed by atoms with Crippen LogP contribution in [-0.4, -0.2) is 33.7 Å². The number of hydrogen-bond donors (Lipinski definition) is 2. The smallest absolute Gasteiger partial charge is 0.322 e. The van der Waals surface area contributed by atoms with Crippen LogP contribution in [0.4, 0.5) is 10.5 Å². The van der Waals surface area contributed by atoms with Gasteiger partial charge in [0.1, 0.15) is 0 Å². The van der Waals surface area contributed by atoms with Crippen LogP contribution >= 0.6 is 0 Å². The van der Waals surface area contributed by atoms with Crippen LogP contribution < -0.4 is 5.32 Å². The highest BCUT2D eigenvalue weighted by Crippen LogP contribution is 2.18. The fourth-order valence-corrected chi connectivity index (χ4v) is 2.59. The molecule has 2 amide bonds. The topological polar surface area (TPSA) is 65.5 Å². The van der Waals surface area contributed by atoms with Gasteiger partial charge < -0.3 is 15.3 Å². The fourth-order valence-electron chi connectivity index (χ4n) is 2.59. The van der Waals surface area contributed by atoms with Gasteiger partial charge in [-0.25, -0.2) is 4.79 Å². The summed E-state index contributed by atoms with van der Waals surface area (Å²) in [6.07, 6.45) is 1.69. The van der Waals surface area contributed by atoms with Gasteiger partial charge in [-0.15, -0.1) is 0 Å². The molecule has 1 unspecified atom stereocenters. The van der Waals surface area contributed by atoms with Crippen LogP contribution in [0.3, 0.4) is 0 Å². The number of aryl methyl sites for hydroxylation is 1. The predicted octanol–water partition coefficient (Wildman–Crippen LogP) is 3.44. The molecule has 0 saturated heterocycles. The highest BCUT2D eigenvalue weighted by molar-refractivity contribution is 5.90. The zero-order valence-corrected chi connectivity index (χ0v) is 14.4. The van der Waals surface area contributed by atoms with Crippen LogP contribution in [0.1, 0.15) is 25.1 Å². The summed E-state index contributed by atoms with van der Waals surface area (Å²) >= 11 is 0. The number of amides is 2. The van der Waals surface area contributed by atoms with E-state index in [-0.39, 0.29) is 24.6 Å². The van der Waals surface area contributed by atoms with Gasteiger partial charge in [0, 0.05) is 12.7 Å². The lowest BCUT2D eigenvalue weighted by Gasteiger charge is -2.33. The van der Waals surface area contributed by atoms with Crippen molar-refractivity contribution in [2.24, 2.45) is 5.92 Å². The van der Waals surface area contributed by atoms with E-state index in [1.165, 1.54) is 0 Å². The molecule has 2 aromatic rings. The SMILES string of the molecule is Cc1ncccc1NC(=O)N(Cc1ccccc1)C(CO)C(C)C. The van der Waals surface area contributed by atoms with Crippen molar-refractivity contribution >= 4 is 11.7 Å². The van der Waals surface area contributed by atoms with Gasteiger partial charge in [0.15, 0.2) is 0 Å². The van der Waals surface area contributed by atoms with E-state index in [2.05, 4.69) is 10.3 Å². The zero-order chi connectivity index (χ0) is 17.5. The summed E-state index contributed by atoms with van der Waals surface area (Å²) in [7, 11) is 0. The Kier molecular flexibility index (Phi) is 6.32. The standard InChI is InChI=1S/C19H25N3O2/c1-14(2)18(13-23)22(12-16-8-5-4-6-9-16)19(24)21-17-10-7-11-20-15(17)3/h4-11,14,18,23H,12-13H2,1-3H3,(H,21,24). The molecule has 5 heteroatoms. The Labute approximate surface area is 143 Å². The molecule has 1 atom stereocenters. The molecule has 1 heterocycles. The number of aliphatic hydroxyl groups is 1. The Bertz CT molecular complexity index is 659. The van der Waals surface area contributed by atoms with Crippen molar-refractivity contribution in [2.75, 3.05) is 11.9 Å². The van der Waals surface area contributed by atoms with Crippen LogP contribution in [0.5, 0.6) is 0 Å². The molecule has 0 radical (unpaired) electrons. The molecule has 2 N–H and O–H groups in total. The van der Waals surface area contributed by atoms with Gasteiger partial charge in [-0.05, 0) is 30.5 Å². The summed E-state index contributed by atoms with van der Waals surface area (Å²) in [5.41, 5.74) is 2.46. The number of aliphatic hydroxyl groups excluding tert-OH is 1. The Morgan fingerprint density at radius 3 is 2.50 bits per heavy atom. The van der Waals surface area contributed by atoms with E-state index >= 15 is 0 Å². The summed E-state index contributed by atoms with van der Waals surface area (Å²) < 4.78 is 0. The third kappa shape index (κ3) is 4.55. The summed E-state index contributed by atoms with van der Waals surface area (Å²) in [6, 6.07) is 12.9. The lowest BCUT2D eigenvalue weighted by Crippen LogP contribution is -2.47. The highest BCUT2D eigenvalue weighted by atomic mass is 16.3. The van der Waals surface area contributed by atoms with Crippen LogP contribution in [0.15, 0.2) is 48.7 Å². The van der Waals surface area contributed by atoms with Crippen molar-refractivity contribution in [3.05, 3.63) is 59.9 Å². The molecule has 5 nitrogen and oxygen atoms in total. The molecule has 2 rings (SSSR count). The summed E-state index contributed by atoms with van der Waals surface area (Å²) in [5, 5.41) is 12.7. The van der Waals surface area contributed by atoms with Crippen LogP contribution in [0, 0.1) is 12.8 Å². The third-order valence-electron chi connectivity index (χ3n) is 4.06. The maximum atomic E-state index is 12.8. The Morgan fingerprint density at radius 1 is 1.21 bits per heavy atom. The normalized spacial score (nSPS) is 12.0. The molecule has 24 heavy (non-hydrogen) atoms. The molecule has 0 fully saturated rings. The average molecular weight is 327 g/mol. The molecule has 1 aromatic carbocycles. The Hall–Kier alpha value is -2.40. The number of aromatic nitrogens is 1. The van der Waals surface area contributed by atoms with E-state index in [4.69, 9.17) is 0 Å². The number of benzene rings is 1. The average Bonchev–Trinajstić information content (AvgIpc) is 2.57. The van der Waals surface area contributed by atoms with Crippen molar-refractivity contribution in [1.82, 2.24) is 9.88 Å². The van der Waals surface area contributed by atoms with Gasteiger partial charge in [0.2, 0.25) is 0 Å². The molecular formula is C19H25N3O2. The predicted molar refractivity (Wildman–Crippen MR) is 95.7 cm³/mol. The van der Waals surface area contributed by atoms with Crippen molar-refractivity contribution in [1.29, 1.82) is 0 Å². The molecule has 0 spiro atoms. The second-order valence-corrected chi connectivity index (χ2v) is 6.17. The number of nitrogens with zero attached hydrogens (tertiary/aromatic N) is 2. The molecule has 0 bridgehead atoms. The second-order valence-electron chi connectivity index (χ2n) is 6.17. The van der Waals surface area contributed by atoms with Crippen molar-refractivity contribution < 1.29 is 9.90 Å². The molecule has 1 aromatic heterocycles. The van der Waals surface area contributed by atoms with E-state index in [0.29, 0.717) is 12.2 Å². The lowest BCUT2D eigenvalue weighted by molar-refractivity contribution is 0.110. The number of rotatable bonds is 6. The first-order chi connectivity index (χ1) is 11.5. The van der Waals surface area contributed by atoms with Crippen LogP contribution in [0.2, 0.25) is 0 Å². The number of carbonyl (C=O) groups is 1. The molecular weight excluding hydrogens is 302 g/mol. The summed E-state index contributed by atoms with van der Waals surface area (Å²) in [4.78, 5) is 18.7. The number of anilines is 1. The van der Waals surface area contributed by atoms with Crippen molar-refractivity contribution in [3.63, 3.8) is 0 Å². The van der Waals surface area contributed by atoms with Gasteiger partial charge >= 0.3 is 6.03 Å². The number of carbonyl (C=O) groups excluding carboxylic acids is 1. The minimum Gasteiger partial charge on any atom is -0.394 e. The largest absolute Gasteiger partial charge is 0.394 e. The first-order valence-electron chi connectivity index (χ1n) is 8.17. The second kappa shape index (κ2) is 8.45. The molecule has 0 saturated carbocycles. The van der Waals surface area contributed by atoms with Gasteiger partial charge in [-0.2, -0.15) is 0 Å². The van der Waals surface area contributed by atoms with E-state index in [9.17, 15) is 9.90 Å². The van der Waals surface area contributed by atoms with Gasteiger partial charge in [-0.3, -0.25) is 4.98 Å². The zero-order valence-electron chi connectivity index (χ0n) is 14.4. The first kappa shape index (κ1) is 17.9. The molecule has 128 valence electrons. The minimum absolute atomic E-state index is 0.0794. The maximum absolute atomic E-state index is 12.8.